The van der Waals surface area contributed by atoms with Crippen molar-refractivity contribution in [1.82, 2.24) is 0 Å². The van der Waals surface area contributed by atoms with E-state index < -0.39 is 0 Å². The summed E-state index contributed by atoms with van der Waals surface area (Å²) in [5.41, 5.74) is 7.33. The highest BCUT2D eigenvalue weighted by atomic mass is 16.5. The van der Waals surface area contributed by atoms with Crippen LogP contribution >= 0.6 is 0 Å². The maximum Gasteiger partial charge on any atom is 0.123 e. The Labute approximate surface area is 108 Å². The van der Waals surface area contributed by atoms with E-state index in [0.717, 1.165) is 23.5 Å². The molecule has 0 spiro atoms. The summed E-state index contributed by atoms with van der Waals surface area (Å²) in [7, 11) is 3.31. The van der Waals surface area contributed by atoms with Gasteiger partial charge in [0.25, 0.3) is 0 Å². The van der Waals surface area contributed by atoms with E-state index in [1.807, 2.05) is 18.2 Å². The third-order valence-electron chi connectivity index (χ3n) is 3.53. The number of ether oxygens (including phenoxy) is 3. The lowest BCUT2D eigenvalue weighted by atomic mass is 9.91. The summed E-state index contributed by atoms with van der Waals surface area (Å²) in [6, 6.07) is 5.64. The van der Waals surface area contributed by atoms with Crippen LogP contribution in [0.1, 0.15) is 24.9 Å². The molecule has 1 saturated heterocycles. The molecule has 18 heavy (non-hydrogen) atoms. The molecule has 0 saturated carbocycles. The van der Waals surface area contributed by atoms with Gasteiger partial charge in [-0.25, -0.2) is 0 Å². The first-order valence-electron chi connectivity index (χ1n) is 6.24. The predicted molar refractivity (Wildman–Crippen MR) is 70.0 cm³/mol. The highest BCUT2D eigenvalue weighted by Crippen LogP contribution is 2.36. The Kier molecular flexibility index (Phi) is 4.09. The van der Waals surface area contributed by atoms with Crippen LogP contribution in [0.15, 0.2) is 18.2 Å². The minimum absolute atomic E-state index is 0.0833. The molecule has 0 aliphatic carbocycles. The Morgan fingerprint density at radius 2 is 2.11 bits per heavy atom. The number of rotatable bonds is 4. The van der Waals surface area contributed by atoms with Crippen LogP contribution in [-0.2, 0) is 4.74 Å². The quantitative estimate of drug-likeness (QED) is 0.890. The summed E-state index contributed by atoms with van der Waals surface area (Å²) in [4.78, 5) is 0. The largest absolute Gasteiger partial charge is 0.497 e. The van der Waals surface area contributed by atoms with Crippen LogP contribution in [0.5, 0.6) is 11.5 Å². The molecule has 0 aromatic heterocycles. The summed E-state index contributed by atoms with van der Waals surface area (Å²) in [5, 5.41) is 0. The minimum Gasteiger partial charge on any atom is -0.497 e. The molecule has 1 heterocycles. The molecule has 4 heteroatoms. The highest BCUT2D eigenvalue weighted by Gasteiger charge is 2.30. The van der Waals surface area contributed by atoms with Gasteiger partial charge in [0.1, 0.15) is 11.5 Å². The lowest BCUT2D eigenvalue weighted by Gasteiger charge is -2.21. The maximum atomic E-state index is 6.35. The van der Waals surface area contributed by atoms with E-state index in [4.69, 9.17) is 19.9 Å². The Morgan fingerprint density at radius 1 is 1.33 bits per heavy atom. The molecule has 4 nitrogen and oxygen atoms in total. The van der Waals surface area contributed by atoms with E-state index in [1.54, 1.807) is 14.2 Å². The number of hydrogen-bond donors (Lipinski definition) is 1. The topological polar surface area (TPSA) is 53.7 Å². The van der Waals surface area contributed by atoms with E-state index in [1.165, 1.54) is 0 Å². The van der Waals surface area contributed by atoms with Gasteiger partial charge in [0.05, 0.1) is 26.9 Å². The van der Waals surface area contributed by atoms with Crippen molar-refractivity contribution in [2.45, 2.75) is 25.5 Å². The van der Waals surface area contributed by atoms with E-state index >= 15 is 0 Å². The first kappa shape index (κ1) is 13.2. The molecular formula is C14H21NO3. The Balaban J connectivity index is 2.24. The SMILES string of the molecule is COc1ccc(OC)c(C(N)C2COC(C)C2)c1. The number of methoxy groups -OCH3 is 2. The van der Waals surface area contributed by atoms with Crippen molar-refractivity contribution in [3.8, 4) is 11.5 Å². The molecule has 1 aromatic carbocycles. The zero-order valence-corrected chi connectivity index (χ0v) is 11.2. The molecule has 1 fully saturated rings. The second-order valence-electron chi connectivity index (χ2n) is 4.77. The summed E-state index contributed by atoms with van der Waals surface area (Å²) in [6.45, 7) is 2.79. The summed E-state index contributed by atoms with van der Waals surface area (Å²) < 4.78 is 16.2. The molecule has 1 aromatic rings. The van der Waals surface area contributed by atoms with Crippen molar-refractivity contribution < 1.29 is 14.2 Å². The molecule has 3 atom stereocenters. The summed E-state index contributed by atoms with van der Waals surface area (Å²) in [5.74, 6) is 1.94. The van der Waals surface area contributed by atoms with Gasteiger partial charge in [-0.3, -0.25) is 0 Å². The maximum absolute atomic E-state index is 6.35. The average Bonchev–Trinajstić information content (AvgIpc) is 2.83. The van der Waals surface area contributed by atoms with Crippen molar-refractivity contribution in [2.24, 2.45) is 11.7 Å². The van der Waals surface area contributed by atoms with Crippen molar-refractivity contribution in [1.29, 1.82) is 0 Å². The van der Waals surface area contributed by atoms with Gasteiger partial charge in [0, 0.05) is 17.5 Å². The molecule has 0 bridgehead atoms. The van der Waals surface area contributed by atoms with Crippen LogP contribution in [0.3, 0.4) is 0 Å². The van der Waals surface area contributed by atoms with E-state index in [2.05, 4.69) is 6.92 Å². The fourth-order valence-electron chi connectivity index (χ4n) is 2.45. The molecule has 2 N–H and O–H groups in total. The van der Waals surface area contributed by atoms with Crippen molar-refractivity contribution in [3.63, 3.8) is 0 Å². The summed E-state index contributed by atoms with van der Waals surface area (Å²) in [6.07, 6.45) is 1.28. The highest BCUT2D eigenvalue weighted by molar-refractivity contribution is 5.42. The van der Waals surface area contributed by atoms with Crippen LogP contribution in [0, 0.1) is 5.92 Å². The van der Waals surface area contributed by atoms with E-state index in [-0.39, 0.29) is 12.1 Å². The predicted octanol–water partition coefficient (Wildman–Crippen LogP) is 2.13. The van der Waals surface area contributed by atoms with Gasteiger partial charge in [-0.05, 0) is 31.5 Å². The molecule has 0 radical (unpaired) electrons. The lowest BCUT2D eigenvalue weighted by Crippen LogP contribution is -2.22. The molecule has 100 valence electrons. The van der Waals surface area contributed by atoms with Crippen molar-refractivity contribution >= 4 is 0 Å². The van der Waals surface area contributed by atoms with Gasteiger partial charge in [-0.2, -0.15) is 0 Å². The Bertz CT molecular complexity index is 408. The van der Waals surface area contributed by atoms with E-state index in [0.29, 0.717) is 12.5 Å². The molecule has 2 rings (SSSR count). The monoisotopic (exact) mass is 251 g/mol. The Hall–Kier alpha value is -1.26. The summed E-state index contributed by atoms with van der Waals surface area (Å²) >= 11 is 0. The minimum atomic E-state index is -0.0833. The second-order valence-corrected chi connectivity index (χ2v) is 4.77. The molecule has 3 unspecified atom stereocenters. The van der Waals surface area contributed by atoms with Gasteiger partial charge >= 0.3 is 0 Å². The first-order chi connectivity index (χ1) is 8.65. The fraction of sp³-hybridized carbons (Fsp3) is 0.571. The van der Waals surface area contributed by atoms with Gasteiger partial charge in [0.15, 0.2) is 0 Å². The van der Waals surface area contributed by atoms with Crippen LogP contribution in [0.4, 0.5) is 0 Å². The second kappa shape index (κ2) is 5.59. The normalized spacial score (nSPS) is 24.9. The number of benzene rings is 1. The molecular weight excluding hydrogens is 230 g/mol. The zero-order valence-electron chi connectivity index (χ0n) is 11.2. The first-order valence-corrected chi connectivity index (χ1v) is 6.24. The molecule has 1 aliphatic rings. The van der Waals surface area contributed by atoms with Gasteiger partial charge in [0.2, 0.25) is 0 Å². The molecule has 1 aliphatic heterocycles. The van der Waals surface area contributed by atoms with Crippen LogP contribution in [0.25, 0.3) is 0 Å². The third-order valence-corrected chi connectivity index (χ3v) is 3.53. The standard InChI is InChI=1S/C14H21NO3/c1-9-6-10(8-18-9)14(15)12-7-11(16-2)4-5-13(12)17-3/h4-5,7,9-10,14H,6,8,15H2,1-3H3. The zero-order chi connectivity index (χ0) is 13.1. The fourth-order valence-corrected chi connectivity index (χ4v) is 2.45. The number of nitrogens with two attached hydrogens (primary N) is 1. The van der Waals surface area contributed by atoms with Crippen LogP contribution in [0.2, 0.25) is 0 Å². The van der Waals surface area contributed by atoms with Gasteiger partial charge < -0.3 is 19.9 Å². The smallest absolute Gasteiger partial charge is 0.123 e. The average molecular weight is 251 g/mol. The van der Waals surface area contributed by atoms with Crippen molar-refractivity contribution in [3.05, 3.63) is 23.8 Å². The van der Waals surface area contributed by atoms with Crippen LogP contribution < -0.4 is 15.2 Å². The molecule has 0 amide bonds. The van der Waals surface area contributed by atoms with Crippen LogP contribution in [-0.4, -0.2) is 26.9 Å². The van der Waals surface area contributed by atoms with Gasteiger partial charge in [-0.1, -0.05) is 0 Å². The third kappa shape index (κ3) is 2.60. The number of hydrogen-bond acceptors (Lipinski definition) is 4. The van der Waals surface area contributed by atoms with E-state index in [9.17, 15) is 0 Å². The van der Waals surface area contributed by atoms with Gasteiger partial charge in [-0.15, -0.1) is 0 Å². The van der Waals surface area contributed by atoms with Crippen molar-refractivity contribution in [2.75, 3.05) is 20.8 Å². The Morgan fingerprint density at radius 3 is 2.67 bits per heavy atom. The lowest BCUT2D eigenvalue weighted by molar-refractivity contribution is 0.118.